The quantitative estimate of drug-likeness (QED) is 0.127. The smallest absolute Gasteiger partial charge is 0.465 e. The summed E-state index contributed by atoms with van der Waals surface area (Å²) >= 11 is 0. The van der Waals surface area contributed by atoms with Gasteiger partial charge < -0.3 is 29.0 Å². The van der Waals surface area contributed by atoms with Crippen LogP contribution in [0.2, 0.25) is 0 Å². The van der Waals surface area contributed by atoms with Crippen LogP contribution < -0.4 is 19.7 Å². The summed E-state index contributed by atoms with van der Waals surface area (Å²) in [6, 6.07) is 8.20. The molecule has 288 valence electrons. The fourth-order valence-electron chi connectivity index (χ4n) is 2.95. The maximum absolute atomic E-state index is 12.3. The van der Waals surface area contributed by atoms with Crippen molar-refractivity contribution in [2.75, 3.05) is 13.2 Å². The van der Waals surface area contributed by atoms with Gasteiger partial charge in [-0.3, -0.25) is 0 Å². The van der Waals surface area contributed by atoms with E-state index in [4.69, 9.17) is 14.8 Å². The number of nitrogens with zero attached hydrogens (tertiary/aromatic N) is 1. The Kier molecular flexibility index (Phi) is 19.7. The molecule has 0 saturated carbocycles. The first-order valence-electron chi connectivity index (χ1n) is 14.7. The number of ether oxygens (including phenoxy) is 4. The van der Waals surface area contributed by atoms with Gasteiger partial charge in [-0.25, -0.2) is 22.7 Å². The molecule has 0 aliphatic heterocycles. The van der Waals surface area contributed by atoms with Crippen molar-refractivity contribution in [1.29, 1.82) is 0 Å². The van der Waals surface area contributed by atoms with Crippen molar-refractivity contribution in [1.82, 2.24) is 4.72 Å². The first-order chi connectivity index (χ1) is 23.2. The molecule has 21 heteroatoms. The van der Waals surface area contributed by atoms with Crippen LogP contribution in [0.3, 0.4) is 0 Å². The molecule has 0 spiro atoms. The molecule has 12 nitrogen and oxygen atoms in total. The number of esters is 2. The normalized spacial score (nSPS) is 13.7. The lowest BCUT2D eigenvalue weighted by atomic mass is 9.80. The second-order valence-electron chi connectivity index (χ2n) is 11.6. The lowest BCUT2D eigenvalue weighted by molar-refractivity contribution is -0.275. The third-order valence-corrected chi connectivity index (χ3v) is 8.09. The van der Waals surface area contributed by atoms with Gasteiger partial charge in [0.25, 0.3) is 0 Å². The highest BCUT2D eigenvalue weighted by atomic mass is 32.2. The summed E-state index contributed by atoms with van der Waals surface area (Å²) in [6.45, 7) is 14.1. The molecule has 0 unspecified atom stereocenters. The van der Waals surface area contributed by atoms with Crippen LogP contribution in [-0.4, -0.2) is 79.2 Å². The van der Waals surface area contributed by atoms with E-state index in [2.05, 4.69) is 23.3 Å². The van der Waals surface area contributed by atoms with Crippen molar-refractivity contribution in [3.8, 4) is 11.5 Å². The predicted molar refractivity (Wildman–Crippen MR) is 180 cm³/mol. The molecule has 0 aliphatic carbocycles. The Hall–Kier alpha value is -3.53. The van der Waals surface area contributed by atoms with Gasteiger partial charge in [0.15, 0.2) is 0 Å². The largest absolute Gasteiger partial charge is 0.573 e. The predicted octanol–water partition coefficient (Wildman–Crippen LogP) is 4.59. The molecule has 3 N–H and O–H groups in total. The maximum Gasteiger partial charge on any atom is 0.573 e. The number of alkyl halides is 6. The molecule has 2 aromatic carbocycles. The SMILES string of the molecule is CCOC(=O)C=N[S@](=O)C(C)(C)C.CCOC(=O)[C@H](N[S@](=O)C(C)(C)C)c1cccc(OC(F)(F)F)c1.OB(O)c1cccc(OC(F)(F)F)c1. The molecule has 0 saturated heterocycles. The second kappa shape index (κ2) is 21.1. The van der Waals surface area contributed by atoms with E-state index < -0.39 is 80.8 Å². The zero-order valence-corrected chi connectivity index (χ0v) is 30.6. The van der Waals surface area contributed by atoms with Gasteiger partial charge in [-0.15, -0.1) is 26.3 Å². The third-order valence-electron chi connectivity index (χ3n) is 5.18. The van der Waals surface area contributed by atoms with Crippen molar-refractivity contribution in [3.05, 3.63) is 54.1 Å². The van der Waals surface area contributed by atoms with Crippen LogP contribution in [-0.2, 0) is 41.0 Å². The number of hydrogen-bond acceptors (Lipinski definition) is 10. The van der Waals surface area contributed by atoms with Crippen LogP contribution in [0.5, 0.6) is 11.5 Å². The Morgan fingerprint density at radius 2 is 1.31 bits per heavy atom. The topological polar surface area (TPSA) is 170 Å². The van der Waals surface area contributed by atoms with E-state index in [1.807, 2.05) is 0 Å². The van der Waals surface area contributed by atoms with Gasteiger partial charge in [-0.1, -0.05) is 24.3 Å². The maximum atomic E-state index is 12.3. The lowest BCUT2D eigenvalue weighted by Crippen LogP contribution is -2.39. The van der Waals surface area contributed by atoms with Crippen molar-refractivity contribution >= 4 is 52.7 Å². The first kappa shape index (κ1) is 47.5. The third kappa shape index (κ3) is 21.4. The average molecular weight is 779 g/mol. The minimum absolute atomic E-state index is 0.0632. The minimum atomic E-state index is -4.85. The molecule has 3 atom stereocenters. The summed E-state index contributed by atoms with van der Waals surface area (Å²) in [4.78, 5) is 22.9. The fraction of sp³-hybridized carbons (Fsp3) is 0.500. The summed E-state index contributed by atoms with van der Waals surface area (Å²) in [5.41, 5.74) is 0.0968. The molecule has 0 radical (unpaired) electrons. The molecule has 0 aromatic heterocycles. The van der Waals surface area contributed by atoms with Crippen LogP contribution in [0.15, 0.2) is 52.9 Å². The molecule has 0 fully saturated rings. The zero-order valence-electron chi connectivity index (χ0n) is 29.0. The van der Waals surface area contributed by atoms with Gasteiger partial charge in [0.2, 0.25) is 0 Å². The van der Waals surface area contributed by atoms with Crippen LogP contribution >= 0.6 is 0 Å². The summed E-state index contributed by atoms with van der Waals surface area (Å²) in [6.07, 6.45) is -8.66. The number of hydrogen-bond donors (Lipinski definition) is 3. The number of benzene rings is 2. The number of rotatable bonds is 11. The number of nitrogens with one attached hydrogen (secondary N) is 1. The summed E-state index contributed by atoms with van der Waals surface area (Å²) in [5, 5.41) is 17.3. The van der Waals surface area contributed by atoms with Crippen LogP contribution in [0, 0.1) is 0 Å². The van der Waals surface area contributed by atoms with E-state index in [0.29, 0.717) is 6.61 Å². The molecule has 2 aromatic rings. The molecule has 2 rings (SSSR count). The lowest BCUT2D eigenvalue weighted by Gasteiger charge is -2.23. The Balaban J connectivity index is 0.000000792. The van der Waals surface area contributed by atoms with Crippen molar-refractivity contribution in [2.24, 2.45) is 4.40 Å². The van der Waals surface area contributed by atoms with Crippen molar-refractivity contribution < 1.29 is 73.3 Å². The summed E-state index contributed by atoms with van der Waals surface area (Å²) in [7, 11) is -4.84. The van der Waals surface area contributed by atoms with E-state index in [0.717, 1.165) is 30.5 Å². The Morgan fingerprint density at radius 1 is 0.824 bits per heavy atom. The van der Waals surface area contributed by atoms with Gasteiger partial charge in [0.1, 0.15) is 34.7 Å². The summed E-state index contributed by atoms with van der Waals surface area (Å²) < 4.78 is 118. The minimum Gasteiger partial charge on any atom is -0.465 e. The Labute approximate surface area is 297 Å². The summed E-state index contributed by atoms with van der Waals surface area (Å²) in [5.74, 6) is -2.25. The monoisotopic (exact) mass is 778 g/mol. The highest BCUT2D eigenvalue weighted by molar-refractivity contribution is 7.85. The van der Waals surface area contributed by atoms with Crippen LogP contribution in [0.25, 0.3) is 0 Å². The Bertz CT molecular complexity index is 1480. The van der Waals surface area contributed by atoms with Crippen LogP contribution in [0.4, 0.5) is 26.3 Å². The molecule has 0 heterocycles. The second-order valence-corrected chi connectivity index (χ2v) is 15.6. The van der Waals surface area contributed by atoms with Gasteiger partial charge in [0.05, 0.1) is 33.7 Å². The molecule has 0 aliphatic rings. The highest BCUT2D eigenvalue weighted by Gasteiger charge is 2.33. The molecule has 0 bridgehead atoms. The van der Waals surface area contributed by atoms with E-state index in [1.54, 1.807) is 55.4 Å². The van der Waals surface area contributed by atoms with Gasteiger partial charge in [-0.2, -0.15) is 4.40 Å². The van der Waals surface area contributed by atoms with Crippen LogP contribution in [0.1, 0.15) is 67.0 Å². The van der Waals surface area contributed by atoms with Gasteiger partial charge in [0, 0.05) is 0 Å². The first-order valence-corrected chi connectivity index (χ1v) is 17.0. The van der Waals surface area contributed by atoms with Gasteiger partial charge >= 0.3 is 31.8 Å². The number of carbonyl (C=O) groups excluding carboxylic acids is 2. The fourth-order valence-corrected chi connectivity index (χ4v) is 4.25. The zero-order chi connectivity index (χ0) is 39.8. The van der Waals surface area contributed by atoms with E-state index in [-0.39, 0.29) is 17.6 Å². The van der Waals surface area contributed by atoms with Gasteiger partial charge in [-0.05, 0) is 90.7 Å². The molecular formula is C30H41BF6N2O10S2. The highest BCUT2D eigenvalue weighted by Crippen LogP contribution is 2.27. The van der Waals surface area contributed by atoms with E-state index in [9.17, 15) is 44.3 Å². The number of halogens is 6. The number of carbonyl (C=O) groups is 2. The average Bonchev–Trinajstić information content (AvgIpc) is 2.97. The molecular weight excluding hydrogens is 737 g/mol. The van der Waals surface area contributed by atoms with E-state index in [1.165, 1.54) is 24.3 Å². The standard InChI is InChI=1S/C15H20F3NO4S.C8H15NO3S.C7H6BF3O3/c1-5-22-13(20)12(19-24(21)14(2,3)4)10-7-6-8-11(9-10)23-15(16,17)18;1-5-12-7(10)6-9-13(11)8(2,3)4;9-7(10,11)14-6-3-1-2-5(4-6)8(12)13/h6-9,12,19H,5H2,1-4H3;6H,5H2,1-4H3;1-4,12-13H/t12-,24-;13-;/m11./s1. The van der Waals surface area contributed by atoms with E-state index >= 15 is 0 Å². The molecule has 51 heavy (non-hydrogen) atoms. The Morgan fingerprint density at radius 3 is 1.75 bits per heavy atom. The van der Waals surface area contributed by atoms with Crippen molar-refractivity contribution in [2.45, 2.75) is 83.7 Å². The molecule has 0 amide bonds. The van der Waals surface area contributed by atoms with Crippen molar-refractivity contribution in [3.63, 3.8) is 0 Å².